The highest BCUT2D eigenvalue weighted by Gasteiger charge is 2.44. The third-order valence-electron chi connectivity index (χ3n) is 4.83. The SMILES string of the molecule is CCOC(=O)C(C)(Oc1ccccc1)C(CC)NCC=Cc1cccc(C(F)(F)F)c1. The van der Waals surface area contributed by atoms with Crippen molar-refractivity contribution >= 4 is 12.0 Å². The lowest BCUT2D eigenvalue weighted by Gasteiger charge is -2.35. The second-order valence-electron chi connectivity index (χ2n) is 7.14. The van der Waals surface area contributed by atoms with Gasteiger partial charge in [0.05, 0.1) is 18.2 Å². The van der Waals surface area contributed by atoms with Crippen molar-refractivity contribution in [3.63, 3.8) is 0 Å². The summed E-state index contributed by atoms with van der Waals surface area (Å²) in [5.41, 5.74) is -1.53. The molecule has 0 saturated heterocycles. The van der Waals surface area contributed by atoms with Crippen LogP contribution in [0.25, 0.3) is 6.08 Å². The number of nitrogens with one attached hydrogen (secondary N) is 1. The van der Waals surface area contributed by atoms with Gasteiger partial charge in [-0.05, 0) is 50.1 Å². The highest BCUT2D eigenvalue weighted by Crippen LogP contribution is 2.30. The molecule has 0 aliphatic rings. The number of para-hydroxylation sites is 1. The summed E-state index contributed by atoms with van der Waals surface area (Å²) in [4.78, 5) is 12.7. The van der Waals surface area contributed by atoms with E-state index in [1.54, 1.807) is 44.2 Å². The van der Waals surface area contributed by atoms with E-state index in [1.165, 1.54) is 6.07 Å². The molecule has 7 heteroatoms. The normalized spacial score (nSPS) is 14.8. The molecule has 0 aliphatic heterocycles. The molecule has 1 N–H and O–H groups in total. The highest BCUT2D eigenvalue weighted by atomic mass is 19.4. The molecule has 2 aromatic rings. The number of halogens is 3. The Morgan fingerprint density at radius 3 is 2.42 bits per heavy atom. The Morgan fingerprint density at radius 1 is 1.10 bits per heavy atom. The first-order valence-corrected chi connectivity index (χ1v) is 10.2. The Balaban J connectivity index is 2.12. The molecule has 0 fully saturated rings. The zero-order valence-electron chi connectivity index (χ0n) is 17.9. The first-order chi connectivity index (χ1) is 14.7. The molecule has 31 heavy (non-hydrogen) atoms. The third-order valence-corrected chi connectivity index (χ3v) is 4.83. The monoisotopic (exact) mass is 435 g/mol. The van der Waals surface area contributed by atoms with Gasteiger partial charge < -0.3 is 14.8 Å². The van der Waals surface area contributed by atoms with E-state index in [0.29, 0.717) is 24.3 Å². The summed E-state index contributed by atoms with van der Waals surface area (Å²) < 4.78 is 49.9. The summed E-state index contributed by atoms with van der Waals surface area (Å²) >= 11 is 0. The molecule has 0 bridgehead atoms. The van der Waals surface area contributed by atoms with Crippen molar-refractivity contribution in [3.05, 3.63) is 71.8 Å². The first-order valence-electron chi connectivity index (χ1n) is 10.2. The zero-order valence-corrected chi connectivity index (χ0v) is 17.9. The van der Waals surface area contributed by atoms with Crippen LogP contribution in [0.4, 0.5) is 13.2 Å². The van der Waals surface area contributed by atoms with Gasteiger partial charge in [0.15, 0.2) is 0 Å². The fourth-order valence-electron chi connectivity index (χ4n) is 3.22. The van der Waals surface area contributed by atoms with Crippen LogP contribution in [-0.2, 0) is 15.7 Å². The van der Waals surface area contributed by atoms with Crippen LogP contribution in [0.5, 0.6) is 5.75 Å². The van der Waals surface area contributed by atoms with E-state index in [2.05, 4.69) is 5.32 Å². The van der Waals surface area contributed by atoms with Gasteiger partial charge in [-0.25, -0.2) is 4.79 Å². The molecular weight excluding hydrogens is 407 g/mol. The van der Waals surface area contributed by atoms with Gasteiger partial charge in [0.2, 0.25) is 5.60 Å². The lowest BCUT2D eigenvalue weighted by Crippen LogP contribution is -2.58. The molecule has 0 heterocycles. The van der Waals surface area contributed by atoms with E-state index in [4.69, 9.17) is 9.47 Å². The minimum Gasteiger partial charge on any atom is -0.474 e. The van der Waals surface area contributed by atoms with Gasteiger partial charge >= 0.3 is 12.1 Å². The zero-order chi connectivity index (χ0) is 22.9. The van der Waals surface area contributed by atoms with E-state index >= 15 is 0 Å². The quantitative estimate of drug-likeness (QED) is 0.502. The van der Waals surface area contributed by atoms with Gasteiger partial charge in [0.1, 0.15) is 5.75 Å². The maximum absolute atomic E-state index is 12.9. The predicted octanol–water partition coefficient (Wildman–Crippen LogP) is 5.49. The molecule has 168 valence electrons. The van der Waals surface area contributed by atoms with E-state index < -0.39 is 29.4 Å². The van der Waals surface area contributed by atoms with Crippen molar-refractivity contribution < 1.29 is 27.4 Å². The van der Waals surface area contributed by atoms with Crippen molar-refractivity contribution in [2.24, 2.45) is 0 Å². The maximum atomic E-state index is 12.9. The predicted molar refractivity (Wildman–Crippen MR) is 115 cm³/mol. The fourth-order valence-corrected chi connectivity index (χ4v) is 3.22. The summed E-state index contributed by atoms with van der Waals surface area (Å²) in [6.45, 7) is 5.88. The summed E-state index contributed by atoms with van der Waals surface area (Å²) in [5, 5.41) is 3.25. The molecule has 0 radical (unpaired) electrons. The van der Waals surface area contributed by atoms with Crippen LogP contribution in [0, 0.1) is 0 Å². The van der Waals surface area contributed by atoms with Crippen LogP contribution in [0.3, 0.4) is 0 Å². The Hall–Kier alpha value is -2.80. The Bertz CT molecular complexity index is 868. The van der Waals surface area contributed by atoms with Crippen LogP contribution in [-0.4, -0.2) is 30.8 Å². The van der Waals surface area contributed by atoms with Crippen molar-refractivity contribution in [3.8, 4) is 5.75 Å². The largest absolute Gasteiger partial charge is 0.474 e. The van der Waals surface area contributed by atoms with E-state index in [0.717, 1.165) is 12.1 Å². The fraction of sp³-hybridized carbons (Fsp3) is 0.375. The van der Waals surface area contributed by atoms with E-state index in [9.17, 15) is 18.0 Å². The number of esters is 1. The summed E-state index contributed by atoms with van der Waals surface area (Å²) in [5.74, 6) is 0.0536. The van der Waals surface area contributed by atoms with Crippen molar-refractivity contribution in [1.82, 2.24) is 5.32 Å². The van der Waals surface area contributed by atoms with Crippen molar-refractivity contribution in [2.75, 3.05) is 13.2 Å². The number of ether oxygens (including phenoxy) is 2. The van der Waals surface area contributed by atoms with Crippen LogP contribution in [0.15, 0.2) is 60.7 Å². The number of hydrogen-bond donors (Lipinski definition) is 1. The lowest BCUT2D eigenvalue weighted by atomic mass is 9.93. The van der Waals surface area contributed by atoms with Gasteiger partial charge in [-0.15, -0.1) is 0 Å². The average Bonchev–Trinajstić information content (AvgIpc) is 2.74. The maximum Gasteiger partial charge on any atom is 0.416 e. The second kappa shape index (κ2) is 11.0. The molecule has 0 spiro atoms. The Labute approximate surface area is 181 Å². The van der Waals surface area contributed by atoms with E-state index in [-0.39, 0.29) is 6.61 Å². The van der Waals surface area contributed by atoms with Gasteiger partial charge in [0, 0.05) is 6.54 Å². The molecule has 4 nitrogen and oxygen atoms in total. The van der Waals surface area contributed by atoms with Crippen LogP contribution in [0.2, 0.25) is 0 Å². The number of benzene rings is 2. The van der Waals surface area contributed by atoms with Crippen molar-refractivity contribution in [2.45, 2.75) is 45.0 Å². The second-order valence-corrected chi connectivity index (χ2v) is 7.14. The molecule has 2 atom stereocenters. The van der Waals surface area contributed by atoms with Gasteiger partial charge in [0.25, 0.3) is 0 Å². The summed E-state index contributed by atoms with van der Waals surface area (Å²) in [7, 11) is 0. The number of hydrogen-bond acceptors (Lipinski definition) is 4. The molecule has 0 aliphatic carbocycles. The highest BCUT2D eigenvalue weighted by molar-refractivity contribution is 5.80. The lowest BCUT2D eigenvalue weighted by molar-refractivity contribution is -0.163. The smallest absolute Gasteiger partial charge is 0.416 e. The molecule has 2 unspecified atom stereocenters. The first kappa shape index (κ1) is 24.5. The van der Waals surface area contributed by atoms with Crippen LogP contribution >= 0.6 is 0 Å². The molecule has 0 aromatic heterocycles. The van der Waals surface area contributed by atoms with Gasteiger partial charge in [-0.3, -0.25) is 0 Å². The van der Waals surface area contributed by atoms with Crippen molar-refractivity contribution in [1.29, 1.82) is 0 Å². The molecular formula is C24H28F3NO3. The summed E-state index contributed by atoms with van der Waals surface area (Å²) in [6.07, 6.45) is -0.494. The number of carbonyl (C=O) groups excluding carboxylic acids is 1. The van der Waals surface area contributed by atoms with Gasteiger partial charge in [-0.2, -0.15) is 13.2 Å². The molecule has 2 aromatic carbocycles. The van der Waals surface area contributed by atoms with Gasteiger partial charge in [-0.1, -0.05) is 49.4 Å². The minimum absolute atomic E-state index is 0.221. The van der Waals surface area contributed by atoms with Crippen LogP contribution < -0.4 is 10.1 Å². The Morgan fingerprint density at radius 2 is 1.81 bits per heavy atom. The number of alkyl halides is 3. The standard InChI is InChI=1S/C24H28F3NO3/c1-4-21(23(3,22(29)30-5-2)31-20-14-7-6-8-15-20)28-16-10-12-18-11-9-13-19(17-18)24(25,26)27/h6-15,17,21,28H,4-5,16H2,1-3H3. The minimum atomic E-state index is -4.38. The third kappa shape index (κ3) is 6.85. The average molecular weight is 435 g/mol. The summed E-state index contributed by atoms with van der Waals surface area (Å²) in [6, 6.07) is 13.7. The number of carbonyl (C=O) groups is 1. The number of rotatable bonds is 10. The topological polar surface area (TPSA) is 47.6 Å². The molecule has 2 rings (SSSR count). The molecule has 0 amide bonds. The van der Waals surface area contributed by atoms with E-state index in [1.807, 2.05) is 25.1 Å². The Kier molecular flexibility index (Phi) is 8.68. The molecule has 0 saturated carbocycles. The van der Waals surface area contributed by atoms with Crippen LogP contribution in [0.1, 0.15) is 38.3 Å².